The summed E-state index contributed by atoms with van der Waals surface area (Å²) in [7, 11) is -0.764. The maximum absolute atomic E-state index is 12.4. The number of carbonyl (C=O) groups is 1. The van der Waals surface area contributed by atoms with Crippen LogP contribution in [0.5, 0.6) is 0 Å². The van der Waals surface area contributed by atoms with Crippen molar-refractivity contribution in [1.82, 2.24) is 24.1 Å². The molecular formula is C15H27N5O4S. The van der Waals surface area contributed by atoms with Crippen LogP contribution in [0.25, 0.3) is 0 Å². The Bertz CT molecular complexity index is 716. The summed E-state index contributed by atoms with van der Waals surface area (Å²) in [5.74, 6) is -0.0620. The van der Waals surface area contributed by atoms with Crippen molar-refractivity contribution in [3.63, 3.8) is 0 Å². The molecule has 25 heavy (non-hydrogen) atoms. The van der Waals surface area contributed by atoms with Crippen LogP contribution >= 0.6 is 0 Å². The summed E-state index contributed by atoms with van der Waals surface area (Å²) in [6.07, 6.45) is 0.298. The largest absolute Gasteiger partial charge is 0.390 e. The van der Waals surface area contributed by atoms with Gasteiger partial charge in [-0.2, -0.15) is 22.5 Å². The number of likely N-dealkylation sites (tertiary alicyclic amines) is 1. The molecule has 3 N–H and O–H groups in total. The van der Waals surface area contributed by atoms with E-state index in [1.807, 2.05) is 13.8 Å². The molecule has 1 aromatic rings. The van der Waals surface area contributed by atoms with Gasteiger partial charge in [0.2, 0.25) is 5.91 Å². The van der Waals surface area contributed by atoms with E-state index in [9.17, 15) is 18.3 Å². The van der Waals surface area contributed by atoms with Crippen LogP contribution in [0.15, 0.2) is 0 Å². The van der Waals surface area contributed by atoms with Crippen molar-refractivity contribution in [1.29, 1.82) is 0 Å². The molecule has 0 saturated carbocycles. The van der Waals surface area contributed by atoms with Gasteiger partial charge in [0, 0.05) is 45.7 Å². The Morgan fingerprint density at radius 3 is 2.64 bits per heavy atom. The SMILES string of the molecule is Cc1[nH]nc(CCC(=O)N2CC[C@@H](NS(=O)(=O)N(C)C)[C@H](O)C2)c1C. The molecule has 1 aliphatic heterocycles. The summed E-state index contributed by atoms with van der Waals surface area (Å²) in [5, 5.41) is 17.3. The lowest BCUT2D eigenvalue weighted by Gasteiger charge is -2.36. The van der Waals surface area contributed by atoms with Crippen molar-refractivity contribution >= 4 is 16.1 Å². The predicted molar refractivity (Wildman–Crippen MR) is 93.1 cm³/mol. The molecule has 0 aliphatic carbocycles. The van der Waals surface area contributed by atoms with E-state index in [-0.39, 0.29) is 12.5 Å². The Hall–Kier alpha value is -1.49. The van der Waals surface area contributed by atoms with Crippen molar-refractivity contribution in [3.8, 4) is 0 Å². The van der Waals surface area contributed by atoms with Crippen LogP contribution in [0, 0.1) is 13.8 Å². The van der Waals surface area contributed by atoms with Crippen molar-refractivity contribution in [3.05, 3.63) is 17.0 Å². The molecule has 2 rings (SSSR count). The fourth-order valence-electron chi connectivity index (χ4n) is 2.75. The van der Waals surface area contributed by atoms with Gasteiger partial charge in [0.05, 0.1) is 17.8 Å². The fraction of sp³-hybridized carbons (Fsp3) is 0.733. The highest BCUT2D eigenvalue weighted by Crippen LogP contribution is 2.16. The van der Waals surface area contributed by atoms with Crippen molar-refractivity contribution in [2.45, 2.75) is 45.3 Å². The molecule has 0 aromatic carbocycles. The monoisotopic (exact) mass is 373 g/mol. The zero-order chi connectivity index (χ0) is 18.8. The molecule has 0 spiro atoms. The first-order valence-electron chi connectivity index (χ1n) is 8.28. The van der Waals surface area contributed by atoms with Crippen LogP contribution in [-0.4, -0.2) is 78.2 Å². The number of carbonyl (C=O) groups excluding carboxylic acids is 1. The molecule has 10 heteroatoms. The number of β-amino-alcohol motifs (C(OH)–C–C–N with tert-alkyl or cyclic N) is 1. The highest BCUT2D eigenvalue weighted by atomic mass is 32.2. The van der Waals surface area contributed by atoms with Gasteiger partial charge in [-0.3, -0.25) is 9.89 Å². The smallest absolute Gasteiger partial charge is 0.279 e. The average molecular weight is 373 g/mol. The first-order valence-corrected chi connectivity index (χ1v) is 9.72. The number of nitrogens with one attached hydrogen (secondary N) is 2. The normalized spacial score (nSPS) is 21.8. The molecule has 1 amide bonds. The molecule has 2 heterocycles. The van der Waals surface area contributed by atoms with E-state index in [2.05, 4.69) is 14.9 Å². The molecule has 1 aliphatic rings. The first kappa shape index (κ1) is 19.8. The lowest BCUT2D eigenvalue weighted by Crippen LogP contribution is -2.56. The van der Waals surface area contributed by atoms with Crippen LogP contribution in [0.1, 0.15) is 29.8 Å². The second-order valence-corrected chi connectivity index (χ2v) is 8.54. The van der Waals surface area contributed by atoms with E-state index < -0.39 is 22.4 Å². The van der Waals surface area contributed by atoms with Crippen LogP contribution in [0.4, 0.5) is 0 Å². The Kier molecular flexibility index (Phi) is 6.20. The second kappa shape index (κ2) is 7.81. The van der Waals surface area contributed by atoms with Gasteiger partial charge >= 0.3 is 0 Å². The van der Waals surface area contributed by atoms with Gasteiger partial charge in [0.15, 0.2) is 0 Å². The summed E-state index contributed by atoms with van der Waals surface area (Å²) in [4.78, 5) is 13.9. The molecule has 142 valence electrons. The number of aliphatic hydroxyl groups excluding tert-OH is 1. The van der Waals surface area contributed by atoms with Crippen LogP contribution in [0.2, 0.25) is 0 Å². The number of aliphatic hydroxyl groups is 1. The van der Waals surface area contributed by atoms with Crippen LogP contribution in [0.3, 0.4) is 0 Å². The number of aromatic amines is 1. The molecule has 0 radical (unpaired) electrons. The van der Waals surface area contributed by atoms with Gasteiger partial charge in [-0.1, -0.05) is 0 Å². The van der Waals surface area contributed by atoms with Crippen LogP contribution in [-0.2, 0) is 21.4 Å². The minimum Gasteiger partial charge on any atom is -0.390 e. The standard InChI is InChI=1S/C15H27N5O4S/c1-10-11(2)16-17-12(10)5-6-15(22)20-8-7-13(14(21)9-20)18-25(23,24)19(3)4/h13-14,18,21H,5-9H2,1-4H3,(H,16,17)/t13-,14-/m1/s1. The number of H-pyrrole nitrogens is 1. The van der Waals surface area contributed by atoms with E-state index in [1.165, 1.54) is 14.1 Å². The molecule has 9 nitrogen and oxygen atoms in total. The zero-order valence-corrected chi connectivity index (χ0v) is 15.9. The molecular weight excluding hydrogens is 346 g/mol. The van der Waals surface area contributed by atoms with Gasteiger partial charge in [0.25, 0.3) is 10.2 Å². The van der Waals surface area contributed by atoms with E-state index >= 15 is 0 Å². The van der Waals surface area contributed by atoms with E-state index in [0.29, 0.717) is 25.8 Å². The zero-order valence-electron chi connectivity index (χ0n) is 15.1. The number of aryl methyl sites for hydroxylation is 2. The van der Waals surface area contributed by atoms with Crippen molar-refractivity contribution in [2.24, 2.45) is 0 Å². The number of aromatic nitrogens is 2. The van der Waals surface area contributed by atoms with Crippen molar-refractivity contribution < 1.29 is 18.3 Å². The Morgan fingerprint density at radius 2 is 2.12 bits per heavy atom. The van der Waals surface area contributed by atoms with Gasteiger partial charge in [-0.05, 0) is 25.8 Å². The summed E-state index contributed by atoms with van der Waals surface area (Å²) in [6.45, 7) is 4.43. The lowest BCUT2D eigenvalue weighted by atomic mass is 10.0. The van der Waals surface area contributed by atoms with Gasteiger partial charge in [-0.15, -0.1) is 0 Å². The van der Waals surface area contributed by atoms with Gasteiger partial charge in [0.1, 0.15) is 0 Å². The molecule has 0 unspecified atom stereocenters. The minimum absolute atomic E-state index is 0.0620. The van der Waals surface area contributed by atoms with Gasteiger partial charge < -0.3 is 10.0 Å². The Labute approximate surface area is 148 Å². The highest BCUT2D eigenvalue weighted by Gasteiger charge is 2.33. The number of hydrogen-bond donors (Lipinski definition) is 3. The second-order valence-electron chi connectivity index (χ2n) is 6.63. The topological polar surface area (TPSA) is 119 Å². The Balaban J connectivity index is 1.87. The highest BCUT2D eigenvalue weighted by molar-refractivity contribution is 7.87. The van der Waals surface area contributed by atoms with E-state index in [4.69, 9.17) is 0 Å². The minimum atomic E-state index is -3.61. The molecule has 1 saturated heterocycles. The summed E-state index contributed by atoms with van der Waals surface area (Å²) in [6, 6.07) is -0.590. The number of rotatable bonds is 6. The number of amides is 1. The first-order chi connectivity index (χ1) is 11.6. The third kappa shape index (κ3) is 4.78. The number of nitrogens with zero attached hydrogens (tertiary/aromatic N) is 3. The average Bonchev–Trinajstić information content (AvgIpc) is 2.86. The van der Waals surface area contributed by atoms with Crippen molar-refractivity contribution in [2.75, 3.05) is 27.2 Å². The van der Waals surface area contributed by atoms with Crippen LogP contribution < -0.4 is 4.72 Å². The fourth-order valence-corrected chi connectivity index (χ4v) is 3.62. The summed E-state index contributed by atoms with van der Waals surface area (Å²) < 4.78 is 27.3. The summed E-state index contributed by atoms with van der Waals surface area (Å²) >= 11 is 0. The maximum Gasteiger partial charge on any atom is 0.279 e. The molecule has 1 fully saturated rings. The molecule has 2 atom stereocenters. The van der Waals surface area contributed by atoms with E-state index in [0.717, 1.165) is 21.3 Å². The third-order valence-electron chi connectivity index (χ3n) is 4.65. The predicted octanol–water partition coefficient (Wildman–Crippen LogP) is -0.683. The van der Waals surface area contributed by atoms with E-state index in [1.54, 1.807) is 4.90 Å². The number of hydrogen-bond acceptors (Lipinski definition) is 5. The molecule has 1 aromatic heterocycles. The van der Waals surface area contributed by atoms with Gasteiger partial charge in [-0.25, -0.2) is 0 Å². The number of piperidine rings is 1. The lowest BCUT2D eigenvalue weighted by molar-refractivity contribution is -0.134. The maximum atomic E-state index is 12.4. The quantitative estimate of drug-likeness (QED) is 0.610. The molecule has 0 bridgehead atoms. The third-order valence-corrected chi connectivity index (χ3v) is 6.21. The summed E-state index contributed by atoms with van der Waals surface area (Å²) in [5.41, 5.74) is 2.93. The Morgan fingerprint density at radius 1 is 1.44 bits per heavy atom.